The van der Waals surface area contributed by atoms with Crippen molar-refractivity contribution in [2.75, 3.05) is 60.9 Å². The molecule has 5 rings (SSSR count). The standard InChI is InChI=1S/C25H31N5O3/c31-25(20-8-9-23(24(16-20)30(32)33)29-10-1-2-11-29)26-21-4-3-5-22(17-21)28-14-12-27(13-15-28)18-19-6-7-19/h3-5,8-9,16-17,19H,1-2,6-7,10-15,18H2,(H,26,31). The SMILES string of the molecule is O=C(Nc1cccc(N2CCN(CC3CC3)CC2)c1)c1ccc(N2CCCC2)c([N+](=O)[O-])c1. The molecule has 3 fully saturated rings. The molecule has 3 aliphatic rings. The van der Waals surface area contributed by atoms with Crippen molar-refractivity contribution in [2.24, 2.45) is 5.92 Å². The maximum atomic E-state index is 12.9. The molecular weight excluding hydrogens is 418 g/mol. The van der Waals surface area contributed by atoms with Crippen LogP contribution < -0.4 is 15.1 Å². The van der Waals surface area contributed by atoms with Crippen LogP contribution in [0, 0.1) is 16.0 Å². The quantitative estimate of drug-likeness (QED) is 0.509. The van der Waals surface area contributed by atoms with Gasteiger partial charge in [0.15, 0.2) is 0 Å². The number of hydrogen-bond donors (Lipinski definition) is 1. The molecule has 0 atom stereocenters. The van der Waals surface area contributed by atoms with Gasteiger partial charge in [-0.3, -0.25) is 19.8 Å². The van der Waals surface area contributed by atoms with E-state index in [0.29, 0.717) is 16.9 Å². The molecule has 2 aromatic carbocycles. The second-order valence-corrected chi connectivity index (χ2v) is 9.39. The molecule has 0 radical (unpaired) electrons. The summed E-state index contributed by atoms with van der Waals surface area (Å²) in [6, 6.07) is 12.6. The monoisotopic (exact) mass is 449 g/mol. The van der Waals surface area contributed by atoms with Crippen LogP contribution in [0.4, 0.5) is 22.7 Å². The molecule has 8 heteroatoms. The molecule has 33 heavy (non-hydrogen) atoms. The van der Waals surface area contributed by atoms with E-state index in [0.717, 1.165) is 63.7 Å². The zero-order valence-corrected chi connectivity index (χ0v) is 18.9. The fourth-order valence-corrected chi connectivity index (χ4v) is 4.87. The van der Waals surface area contributed by atoms with Crippen molar-refractivity contribution in [1.29, 1.82) is 0 Å². The zero-order chi connectivity index (χ0) is 22.8. The lowest BCUT2D eigenvalue weighted by Crippen LogP contribution is -2.47. The van der Waals surface area contributed by atoms with Crippen molar-refractivity contribution in [2.45, 2.75) is 25.7 Å². The molecular formula is C25H31N5O3. The highest BCUT2D eigenvalue weighted by molar-refractivity contribution is 6.05. The minimum atomic E-state index is -0.395. The molecule has 0 bridgehead atoms. The molecule has 2 aliphatic heterocycles. The van der Waals surface area contributed by atoms with Crippen molar-refractivity contribution in [3.05, 3.63) is 58.1 Å². The van der Waals surface area contributed by atoms with Crippen LogP contribution in [-0.2, 0) is 0 Å². The lowest BCUT2D eigenvalue weighted by molar-refractivity contribution is -0.384. The molecule has 0 aromatic heterocycles. The van der Waals surface area contributed by atoms with Gasteiger partial charge in [-0.1, -0.05) is 6.07 Å². The second-order valence-electron chi connectivity index (χ2n) is 9.39. The van der Waals surface area contributed by atoms with Crippen LogP contribution in [0.2, 0.25) is 0 Å². The summed E-state index contributed by atoms with van der Waals surface area (Å²) < 4.78 is 0. The second kappa shape index (κ2) is 9.39. The Morgan fingerprint density at radius 1 is 0.970 bits per heavy atom. The van der Waals surface area contributed by atoms with Gasteiger partial charge in [0.05, 0.1) is 4.92 Å². The van der Waals surface area contributed by atoms with Crippen LogP contribution in [0.15, 0.2) is 42.5 Å². The Morgan fingerprint density at radius 3 is 2.42 bits per heavy atom. The van der Waals surface area contributed by atoms with E-state index in [1.54, 1.807) is 12.1 Å². The summed E-state index contributed by atoms with van der Waals surface area (Å²) in [5.41, 5.74) is 2.67. The minimum Gasteiger partial charge on any atom is -0.369 e. The Bertz CT molecular complexity index is 1020. The average molecular weight is 450 g/mol. The summed E-state index contributed by atoms with van der Waals surface area (Å²) >= 11 is 0. The third-order valence-electron chi connectivity index (χ3n) is 6.94. The topological polar surface area (TPSA) is 82.0 Å². The third-order valence-corrected chi connectivity index (χ3v) is 6.94. The van der Waals surface area contributed by atoms with Gasteiger partial charge in [0, 0.05) is 68.8 Å². The molecule has 2 heterocycles. The van der Waals surface area contributed by atoms with E-state index in [2.05, 4.69) is 21.2 Å². The summed E-state index contributed by atoms with van der Waals surface area (Å²) in [6.45, 7) is 6.96. The normalized spacial score (nSPS) is 19.0. The van der Waals surface area contributed by atoms with Crippen LogP contribution in [-0.4, -0.2) is 61.5 Å². The first kappa shape index (κ1) is 21.7. The first-order valence-corrected chi connectivity index (χ1v) is 12.0. The molecule has 1 N–H and O–H groups in total. The van der Waals surface area contributed by atoms with Crippen LogP contribution in [0.1, 0.15) is 36.0 Å². The first-order chi connectivity index (χ1) is 16.1. The zero-order valence-electron chi connectivity index (χ0n) is 18.9. The summed E-state index contributed by atoms with van der Waals surface area (Å²) in [7, 11) is 0. The van der Waals surface area contributed by atoms with Gasteiger partial charge in [-0.25, -0.2) is 0 Å². The smallest absolute Gasteiger partial charge is 0.293 e. The van der Waals surface area contributed by atoms with Crippen LogP contribution in [0.3, 0.4) is 0 Å². The van der Waals surface area contributed by atoms with E-state index in [4.69, 9.17) is 0 Å². The van der Waals surface area contributed by atoms with E-state index in [1.807, 2.05) is 23.1 Å². The van der Waals surface area contributed by atoms with Crippen LogP contribution in [0.25, 0.3) is 0 Å². The number of carbonyl (C=O) groups is 1. The number of nitrogens with zero attached hydrogens (tertiary/aromatic N) is 4. The van der Waals surface area contributed by atoms with Crippen LogP contribution in [0.5, 0.6) is 0 Å². The number of carbonyl (C=O) groups excluding carboxylic acids is 1. The van der Waals surface area contributed by atoms with Gasteiger partial charge in [0.25, 0.3) is 11.6 Å². The molecule has 1 aliphatic carbocycles. The van der Waals surface area contributed by atoms with Crippen molar-refractivity contribution in [1.82, 2.24) is 4.90 Å². The fraction of sp³-hybridized carbons (Fsp3) is 0.480. The largest absolute Gasteiger partial charge is 0.369 e. The number of anilines is 3. The highest BCUT2D eigenvalue weighted by atomic mass is 16.6. The van der Waals surface area contributed by atoms with Crippen LogP contribution >= 0.6 is 0 Å². The van der Waals surface area contributed by atoms with E-state index < -0.39 is 4.92 Å². The number of rotatable bonds is 7. The Balaban J connectivity index is 1.25. The highest BCUT2D eigenvalue weighted by Gasteiger charge is 2.27. The number of hydrogen-bond acceptors (Lipinski definition) is 6. The van der Waals surface area contributed by atoms with Crippen molar-refractivity contribution in [3.8, 4) is 0 Å². The molecule has 0 spiro atoms. The highest BCUT2D eigenvalue weighted by Crippen LogP contribution is 2.32. The number of nitro benzene ring substituents is 1. The molecule has 0 unspecified atom stereocenters. The van der Waals surface area contributed by atoms with Gasteiger partial charge >= 0.3 is 0 Å². The Morgan fingerprint density at radius 2 is 1.73 bits per heavy atom. The number of nitro groups is 1. The maximum Gasteiger partial charge on any atom is 0.293 e. The lowest BCUT2D eigenvalue weighted by Gasteiger charge is -2.36. The summed E-state index contributed by atoms with van der Waals surface area (Å²) in [6.07, 6.45) is 4.83. The molecule has 1 amide bonds. The van der Waals surface area contributed by atoms with Gasteiger partial charge < -0.3 is 15.1 Å². The maximum absolute atomic E-state index is 12.9. The minimum absolute atomic E-state index is 0.0117. The molecule has 8 nitrogen and oxygen atoms in total. The number of piperazine rings is 1. The van der Waals surface area contributed by atoms with E-state index in [-0.39, 0.29) is 11.6 Å². The van der Waals surface area contributed by atoms with Crippen molar-refractivity contribution < 1.29 is 9.72 Å². The third kappa shape index (κ3) is 5.11. The summed E-state index contributed by atoms with van der Waals surface area (Å²) in [4.78, 5) is 31.1. The van der Waals surface area contributed by atoms with Gasteiger partial charge in [0.2, 0.25) is 0 Å². The summed E-state index contributed by atoms with van der Waals surface area (Å²) in [5.74, 6) is 0.577. The fourth-order valence-electron chi connectivity index (χ4n) is 4.87. The average Bonchev–Trinajstić information content (AvgIpc) is 3.47. The molecule has 2 aromatic rings. The number of benzene rings is 2. The van der Waals surface area contributed by atoms with Crippen molar-refractivity contribution in [3.63, 3.8) is 0 Å². The Hall–Kier alpha value is -3.13. The Kier molecular flexibility index (Phi) is 6.17. The van der Waals surface area contributed by atoms with E-state index in [1.165, 1.54) is 25.5 Å². The molecule has 174 valence electrons. The van der Waals surface area contributed by atoms with E-state index >= 15 is 0 Å². The van der Waals surface area contributed by atoms with Gasteiger partial charge in [0.1, 0.15) is 5.69 Å². The predicted molar refractivity (Wildman–Crippen MR) is 130 cm³/mol. The first-order valence-electron chi connectivity index (χ1n) is 12.0. The Labute approximate surface area is 194 Å². The number of nitrogens with one attached hydrogen (secondary N) is 1. The van der Waals surface area contributed by atoms with E-state index in [9.17, 15) is 14.9 Å². The molecule has 1 saturated carbocycles. The molecule has 2 saturated heterocycles. The lowest BCUT2D eigenvalue weighted by atomic mass is 10.1. The van der Waals surface area contributed by atoms with Gasteiger partial charge in [-0.15, -0.1) is 0 Å². The summed E-state index contributed by atoms with van der Waals surface area (Å²) in [5, 5.41) is 14.6. The predicted octanol–water partition coefficient (Wildman–Crippen LogP) is 3.98. The van der Waals surface area contributed by atoms with Gasteiger partial charge in [-0.2, -0.15) is 0 Å². The van der Waals surface area contributed by atoms with Gasteiger partial charge in [-0.05, 0) is 61.9 Å². The number of amides is 1. The van der Waals surface area contributed by atoms with Crippen molar-refractivity contribution >= 4 is 28.7 Å².